The van der Waals surface area contributed by atoms with E-state index in [4.69, 9.17) is 24.6 Å². The van der Waals surface area contributed by atoms with E-state index in [9.17, 15) is 4.79 Å². The van der Waals surface area contributed by atoms with Crippen molar-refractivity contribution in [3.05, 3.63) is 56.9 Å². The van der Waals surface area contributed by atoms with Crippen LogP contribution in [0.15, 0.2) is 30.5 Å². The minimum Gasteiger partial charge on any atom is -0.320 e. The van der Waals surface area contributed by atoms with Crippen LogP contribution in [0.2, 0.25) is 10.2 Å². The van der Waals surface area contributed by atoms with E-state index < -0.39 is 0 Å². The van der Waals surface area contributed by atoms with Crippen molar-refractivity contribution >= 4 is 57.1 Å². The van der Waals surface area contributed by atoms with Crippen molar-refractivity contribution < 1.29 is 6.17 Å². The van der Waals surface area contributed by atoms with Gasteiger partial charge in [0.1, 0.15) is 21.7 Å². The van der Waals surface area contributed by atoms with E-state index in [1.807, 2.05) is 0 Å². The summed E-state index contributed by atoms with van der Waals surface area (Å²) in [5.74, 6) is 0.665. The first-order chi connectivity index (χ1) is 12.5. The van der Waals surface area contributed by atoms with Gasteiger partial charge < -0.3 is 10.6 Å². The molecular formula is C16H13Cl2N5OS. The largest absolute Gasteiger partial charge is 0.320 e. The van der Waals surface area contributed by atoms with E-state index in [1.165, 1.54) is 6.20 Å². The minimum absolute atomic E-state index is 0.0134. The number of halogens is 2. The molecule has 3 rings (SSSR count). The highest BCUT2D eigenvalue weighted by Gasteiger charge is 2.14. The van der Waals surface area contributed by atoms with E-state index in [-0.39, 0.29) is 12.8 Å². The van der Waals surface area contributed by atoms with Gasteiger partial charge in [-0.15, -0.1) is 0 Å². The Labute approximate surface area is 159 Å². The predicted octanol–water partition coefficient (Wildman–Crippen LogP) is 4.85. The van der Waals surface area contributed by atoms with Crippen molar-refractivity contribution in [1.82, 2.24) is 15.0 Å². The number of para-hydroxylation sites is 1. The average molecular weight is 395 g/mol. The van der Waals surface area contributed by atoms with E-state index in [2.05, 4.69) is 25.6 Å². The van der Waals surface area contributed by atoms with Crippen molar-refractivity contribution in [3.63, 3.8) is 0 Å². The number of benzene rings is 1. The molecule has 128 valence electrons. The number of nitrogens with one attached hydrogen (secondary N) is 2. The summed E-state index contributed by atoms with van der Waals surface area (Å²) in [6.45, 7) is 1.74. The van der Waals surface area contributed by atoms with Gasteiger partial charge in [-0.05, 0) is 25.5 Å². The second-order valence-corrected chi connectivity index (χ2v) is 6.83. The van der Waals surface area contributed by atoms with Crippen molar-refractivity contribution in [2.45, 2.75) is 13.8 Å². The lowest BCUT2D eigenvalue weighted by molar-refractivity contribution is 0.103. The van der Waals surface area contributed by atoms with Crippen LogP contribution in [0, 0.1) is 13.8 Å². The third kappa shape index (κ3) is 4.25. The summed E-state index contributed by atoms with van der Waals surface area (Å²) in [6, 6.07) is 6.72. The summed E-state index contributed by atoms with van der Waals surface area (Å²) in [6.07, 6.45) is 1.45. The van der Waals surface area contributed by atoms with Gasteiger partial charge in [-0.3, -0.25) is 4.79 Å². The van der Waals surface area contributed by atoms with Crippen LogP contribution in [0.25, 0.3) is 0 Å². The van der Waals surface area contributed by atoms with Crippen LogP contribution in [0.1, 0.15) is 22.4 Å². The highest BCUT2D eigenvalue weighted by molar-refractivity contribution is 7.17. The maximum Gasteiger partial charge on any atom is 0.267 e. The lowest BCUT2D eigenvalue weighted by Gasteiger charge is -2.08. The summed E-state index contributed by atoms with van der Waals surface area (Å²) in [5.41, 5.74) is 1.08. The Morgan fingerprint density at radius 2 is 2.16 bits per heavy atom. The summed E-state index contributed by atoms with van der Waals surface area (Å²) in [4.78, 5) is 25.2. The van der Waals surface area contributed by atoms with Gasteiger partial charge in [-0.25, -0.2) is 15.0 Å². The molecule has 3 aromatic rings. The number of amides is 1. The standard InChI is InChI=1S/C16H13Cl2N5OS/c1-8-4-3-5-10(17)14(8)23-15(24)11-7-19-16(25-11)22-13-6-12(18)20-9(2)21-13/h3-7H,1-2H3,(H,23,24)(H,19,20,21,22)/i1D. The maximum absolute atomic E-state index is 12.5. The van der Waals surface area contributed by atoms with Gasteiger partial charge in [0.05, 0.1) is 16.9 Å². The molecule has 0 fully saturated rings. The van der Waals surface area contributed by atoms with Crippen LogP contribution in [0.5, 0.6) is 0 Å². The van der Waals surface area contributed by atoms with Crippen LogP contribution in [0.4, 0.5) is 16.6 Å². The molecule has 9 heteroatoms. The zero-order chi connectivity index (χ0) is 18.7. The molecule has 0 saturated carbocycles. The monoisotopic (exact) mass is 394 g/mol. The third-order valence-corrected chi connectivity index (χ3v) is 4.53. The molecule has 0 saturated heterocycles. The number of carbonyl (C=O) groups is 1. The topological polar surface area (TPSA) is 79.8 Å². The molecule has 6 nitrogen and oxygen atoms in total. The summed E-state index contributed by atoms with van der Waals surface area (Å²) < 4.78 is 7.54. The summed E-state index contributed by atoms with van der Waals surface area (Å²) >= 11 is 13.2. The van der Waals surface area contributed by atoms with Gasteiger partial charge in [0, 0.05) is 7.44 Å². The maximum atomic E-state index is 12.5. The molecule has 0 aliphatic carbocycles. The molecule has 2 aromatic heterocycles. The molecule has 1 aromatic carbocycles. The number of carbonyl (C=O) groups excluding carboxylic acids is 1. The molecular weight excluding hydrogens is 381 g/mol. The molecule has 25 heavy (non-hydrogen) atoms. The number of rotatable bonds is 4. The van der Waals surface area contributed by atoms with Crippen molar-refractivity contribution in [2.24, 2.45) is 0 Å². The number of thiazole rings is 1. The quantitative estimate of drug-likeness (QED) is 0.617. The Hall–Kier alpha value is -2.22. The zero-order valence-corrected chi connectivity index (χ0v) is 15.3. The molecule has 0 unspecified atom stereocenters. The van der Waals surface area contributed by atoms with E-state index in [0.717, 1.165) is 11.3 Å². The molecule has 1 amide bonds. The van der Waals surface area contributed by atoms with Gasteiger partial charge in [0.2, 0.25) is 0 Å². The molecule has 0 bridgehead atoms. The van der Waals surface area contributed by atoms with Crippen molar-refractivity contribution in [3.8, 4) is 0 Å². The Kier molecular flexibility index (Phi) is 4.78. The highest BCUT2D eigenvalue weighted by Crippen LogP contribution is 2.28. The van der Waals surface area contributed by atoms with Crippen LogP contribution >= 0.6 is 34.5 Å². The summed E-state index contributed by atoms with van der Waals surface area (Å²) in [5, 5.41) is 6.93. The first-order valence-corrected chi connectivity index (χ1v) is 8.65. The van der Waals surface area contributed by atoms with Gasteiger partial charge in [-0.1, -0.05) is 46.7 Å². The first-order valence-electron chi connectivity index (χ1n) is 7.79. The Bertz CT molecular complexity index is 945. The third-order valence-electron chi connectivity index (χ3n) is 3.11. The zero-order valence-electron chi connectivity index (χ0n) is 14.0. The SMILES string of the molecule is [2H]Cc1cccc(Cl)c1NC(=O)c1cnc(Nc2cc(Cl)nc(C)n2)s1. The number of aromatic nitrogens is 3. The van der Waals surface area contributed by atoms with Crippen LogP contribution in [-0.2, 0) is 0 Å². The van der Waals surface area contributed by atoms with Gasteiger partial charge in [-0.2, -0.15) is 0 Å². The molecule has 0 radical (unpaired) electrons. The number of hydrogen-bond donors (Lipinski definition) is 2. The minimum atomic E-state index is -0.352. The fourth-order valence-electron chi connectivity index (χ4n) is 2.03. The Morgan fingerprint density at radius 3 is 2.92 bits per heavy atom. The van der Waals surface area contributed by atoms with Crippen LogP contribution in [-0.4, -0.2) is 20.9 Å². The van der Waals surface area contributed by atoms with Gasteiger partial charge in [0.15, 0.2) is 5.13 Å². The second kappa shape index (κ2) is 7.35. The number of hydrogen-bond acceptors (Lipinski definition) is 6. The lowest BCUT2D eigenvalue weighted by Crippen LogP contribution is -2.11. The summed E-state index contributed by atoms with van der Waals surface area (Å²) in [7, 11) is 0. The first kappa shape index (κ1) is 16.3. The fraction of sp³-hybridized carbons (Fsp3) is 0.125. The Morgan fingerprint density at radius 1 is 1.32 bits per heavy atom. The molecule has 0 aliphatic rings. The second-order valence-electron chi connectivity index (χ2n) is 5.01. The Balaban J connectivity index is 1.76. The molecule has 0 atom stereocenters. The normalized spacial score (nSPS) is 11.1. The van der Waals surface area contributed by atoms with Gasteiger partial charge in [0.25, 0.3) is 5.91 Å². The van der Waals surface area contributed by atoms with Gasteiger partial charge >= 0.3 is 0 Å². The van der Waals surface area contributed by atoms with E-state index >= 15 is 0 Å². The number of anilines is 3. The number of nitrogens with zero attached hydrogens (tertiary/aromatic N) is 3. The van der Waals surface area contributed by atoms with Crippen molar-refractivity contribution in [2.75, 3.05) is 10.6 Å². The van der Waals surface area contributed by atoms with Crippen LogP contribution in [0.3, 0.4) is 0 Å². The van der Waals surface area contributed by atoms with Crippen LogP contribution < -0.4 is 10.6 Å². The average Bonchev–Trinajstić information content (AvgIpc) is 3.04. The van der Waals surface area contributed by atoms with E-state index in [1.54, 1.807) is 31.2 Å². The van der Waals surface area contributed by atoms with Crippen molar-refractivity contribution in [1.29, 1.82) is 0 Å². The molecule has 0 aliphatic heterocycles. The molecule has 0 spiro atoms. The molecule has 2 N–H and O–H groups in total. The fourth-order valence-corrected chi connectivity index (χ4v) is 3.21. The van der Waals surface area contributed by atoms with E-state index in [0.29, 0.717) is 43.1 Å². The predicted molar refractivity (Wildman–Crippen MR) is 101 cm³/mol. The number of aryl methyl sites for hydroxylation is 2. The smallest absolute Gasteiger partial charge is 0.267 e. The lowest BCUT2D eigenvalue weighted by atomic mass is 10.2. The molecule has 2 heterocycles. The highest BCUT2D eigenvalue weighted by atomic mass is 35.5.